The van der Waals surface area contributed by atoms with E-state index in [0.29, 0.717) is 15.6 Å². The topological polar surface area (TPSA) is 38.7 Å². The van der Waals surface area contributed by atoms with E-state index in [0.717, 1.165) is 12.1 Å². The minimum absolute atomic E-state index is 0.0632. The van der Waals surface area contributed by atoms with Crippen LogP contribution in [0.15, 0.2) is 59.2 Å². The van der Waals surface area contributed by atoms with E-state index in [1.807, 2.05) is 0 Å². The summed E-state index contributed by atoms with van der Waals surface area (Å²) < 4.78 is 44.1. The van der Waals surface area contributed by atoms with Crippen LogP contribution >= 0.6 is 23.2 Å². The predicted octanol–water partition coefficient (Wildman–Crippen LogP) is 6.02. The van der Waals surface area contributed by atoms with Gasteiger partial charge in [0.15, 0.2) is 5.70 Å². The number of hydrogen-bond donors (Lipinski definition) is 0. The molecule has 2 aromatic carbocycles. The summed E-state index contributed by atoms with van der Waals surface area (Å²) in [6.07, 6.45) is -0.594. The summed E-state index contributed by atoms with van der Waals surface area (Å²) >= 11 is 12.0. The van der Waals surface area contributed by atoms with Gasteiger partial charge in [0.2, 0.25) is 5.90 Å². The molecule has 0 radical (unpaired) electrons. The van der Waals surface area contributed by atoms with Crippen LogP contribution in [0.1, 0.15) is 16.7 Å². The van der Waals surface area contributed by atoms with Crippen LogP contribution in [-0.4, -0.2) is 11.9 Å². The van der Waals surface area contributed by atoms with Gasteiger partial charge >= 0.3 is 12.1 Å². The minimum atomic E-state index is -4.55. The van der Waals surface area contributed by atoms with Gasteiger partial charge in [-0.2, -0.15) is 13.2 Å². The molecule has 1 aliphatic rings. The fourth-order valence-corrected chi connectivity index (χ4v) is 2.71. The molecule has 0 unspecified atom stereocenters. The Hall–Kier alpha value is -2.57. The molecule has 1 heterocycles. The van der Waals surface area contributed by atoms with Crippen LogP contribution in [0.3, 0.4) is 0 Å². The Kier molecular flexibility index (Phi) is 5.39. The van der Waals surface area contributed by atoms with Gasteiger partial charge in [-0.05, 0) is 35.4 Å². The van der Waals surface area contributed by atoms with Crippen LogP contribution < -0.4 is 0 Å². The normalized spacial score (nSPS) is 16.1. The van der Waals surface area contributed by atoms with Crippen LogP contribution in [0.5, 0.6) is 0 Å². The standard InChI is InChI=1S/C19H10Cl2F3NO2/c20-14-7-3-5-11(17(14)21)8-9-16-25-15(18(26)27-16)10-12-4-1-2-6-13(12)19(22,23)24/h1-10H/b9-8+,15-10-. The van der Waals surface area contributed by atoms with Gasteiger partial charge in [0.25, 0.3) is 0 Å². The second kappa shape index (κ2) is 7.58. The highest BCUT2D eigenvalue weighted by Gasteiger charge is 2.33. The van der Waals surface area contributed by atoms with Crippen molar-refractivity contribution in [3.05, 3.63) is 81.0 Å². The molecule has 3 rings (SSSR count). The summed E-state index contributed by atoms with van der Waals surface area (Å²) in [4.78, 5) is 15.8. The van der Waals surface area contributed by atoms with Crippen LogP contribution in [-0.2, 0) is 15.7 Å². The lowest BCUT2D eigenvalue weighted by molar-refractivity contribution is -0.137. The number of alkyl halides is 3. The number of nitrogens with zero attached hydrogens (tertiary/aromatic N) is 1. The van der Waals surface area contributed by atoms with Crippen molar-refractivity contribution >= 4 is 47.2 Å². The first-order chi connectivity index (χ1) is 12.8. The van der Waals surface area contributed by atoms with Gasteiger partial charge in [0, 0.05) is 6.08 Å². The smallest absolute Gasteiger partial charge is 0.403 e. The number of esters is 1. The maximum atomic E-state index is 13.1. The van der Waals surface area contributed by atoms with E-state index < -0.39 is 17.7 Å². The lowest BCUT2D eigenvalue weighted by Gasteiger charge is -2.09. The average Bonchev–Trinajstić information content (AvgIpc) is 2.95. The summed E-state index contributed by atoms with van der Waals surface area (Å²) in [5.74, 6) is -0.907. The Balaban J connectivity index is 1.90. The zero-order valence-corrected chi connectivity index (χ0v) is 14.9. The number of halogens is 5. The molecule has 0 amide bonds. The lowest BCUT2D eigenvalue weighted by atomic mass is 10.1. The SMILES string of the molecule is O=C1OC(/C=C/c2cccc(Cl)c2Cl)=NC/1=C\c1ccccc1C(F)(F)F. The largest absolute Gasteiger partial charge is 0.416 e. The molecule has 0 aliphatic carbocycles. The van der Waals surface area contributed by atoms with Crippen LogP contribution in [0.2, 0.25) is 10.0 Å². The number of rotatable bonds is 3. The molecular formula is C19H10Cl2F3NO2. The van der Waals surface area contributed by atoms with Crippen molar-refractivity contribution in [2.45, 2.75) is 6.18 Å². The third-order valence-electron chi connectivity index (χ3n) is 3.58. The van der Waals surface area contributed by atoms with Crippen molar-refractivity contribution in [3.8, 4) is 0 Å². The number of aliphatic imine (C=N–C) groups is 1. The predicted molar refractivity (Wildman–Crippen MR) is 98.4 cm³/mol. The summed E-state index contributed by atoms with van der Waals surface area (Å²) in [5, 5.41) is 0.670. The maximum Gasteiger partial charge on any atom is 0.416 e. The monoisotopic (exact) mass is 411 g/mol. The lowest BCUT2D eigenvalue weighted by Crippen LogP contribution is -2.07. The summed E-state index contributed by atoms with van der Waals surface area (Å²) in [6, 6.07) is 9.88. The van der Waals surface area contributed by atoms with Gasteiger partial charge in [-0.25, -0.2) is 9.79 Å². The number of ether oxygens (including phenoxy) is 1. The molecule has 0 saturated heterocycles. The molecule has 0 bridgehead atoms. The Morgan fingerprint density at radius 1 is 0.963 bits per heavy atom. The Bertz CT molecular complexity index is 995. The third-order valence-corrected chi connectivity index (χ3v) is 4.42. The van der Waals surface area contributed by atoms with Crippen molar-refractivity contribution < 1.29 is 22.7 Å². The van der Waals surface area contributed by atoms with E-state index in [9.17, 15) is 18.0 Å². The van der Waals surface area contributed by atoms with Crippen molar-refractivity contribution in [1.29, 1.82) is 0 Å². The number of carbonyl (C=O) groups is 1. The molecule has 0 N–H and O–H groups in total. The molecule has 0 atom stereocenters. The summed E-state index contributed by atoms with van der Waals surface area (Å²) in [5.41, 5.74) is -0.703. The van der Waals surface area contributed by atoms with E-state index in [4.69, 9.17) is 27.9 Å². The fraction of sp³-hybridized carbons (Fsp3) is 0.0526. The Morgan fingerprint density at radius 2 is 1.67 bits per heavy atom. The van der Waals surface area contributed by atoms with Gasteiger partial charge in [-0.1, -0.05) is 53.5 Å². The Morgan fingerprint density at radius 3 is 2.41 bits per heavy atom. The van der Waals surface area contributed by atoms with Gasteiger partial charge < -0.3 is 4.74 Å². The molecule has 3 nitrogen and oxygen atoms in total. The van der Waals surface area contributed by atoms with Gasteiger partial charge in [-0.3, -0.25) is 0 Å². The fourth-order valence-electron chi connectivity index (χ4n) is 2.34. The second-order valence-corrected chi connectivity index (χ2v) is 6.22. The van der Waals surface area contributed by atoms with Crippen molar-refractivity contribution in [2.75, 3.05) is 0 Å². The van der Waals surface area contributed by atoms with Crippen LogP contribution in [0, 0.1) is 0 Å². The minimum Gasteiger partial charge on any atom is -0.403 e. The molecular weight excluding hydrogens is 402 g/mol. The molecule has 0 aromatic heterocycles. The van der Waals surface area contributed by atoms with E-state index in [1.165, 1.54) is 30.4 Å². The molecule has 27 heavy (non-hydrogen) atoms. The molecule has 0 spiro atoms. The number of carbonyl (C=O) groups excluding carboxylic acids is 1. The summed E-state index contributed by atoms with van der Waals surface area (Å²) in [7, 11) is 0. The molecule has 0 saturated carbocycles. The van der Waals surface area contributed by atoms with Gasteiger partial charge in [0.05, 0.1) is 15.6 Å². The first kappa shape index (κ1) is 19.2. The van der Waals surface area contributed by atoms with Crippen molar-refractivity contribution in [1.82, 2.24) is 0 Å². The number of hydrogen-bond acceptors (Lipinski definition) is 3. The summed E-state index contributed by atoms with van der Waals surface area (Å²) in [6.45, 7) is 0. The first-order valence-electron chi connectivity index (χ1n) is 7.56. The van der Waals surface area contributed by atoms with Crippen LogP contribution in [0.4, 0.5) is 13.2 Å². The molecule has 8 heteroatoms. The average molecular weight is 412 g/mol. The molecule has 138 valence electrons. The van der Waals surface area contributed by atoms with E-state index >= 15 is 0 Å². The van der Waals surface area contributed by atoms with E-state index in [-0.39, 0.29) is 17.2 Å². The molecule has 1 aliphatic heterocycles. The number of cyclic esters (lactones) is 1. The molecule has 0 fully saturated rings. The third kappa shape index (κ3) is 4.40. The maximum absolute atomic E-state index is 13.1. The molecule has 2 aromatic rings. The van der Waals surface area contributed by atoms with Crippen molar-refractivity contribution in [3.63, 3.8) is 0 Å². The first-order valence-corrected chi connectivity index (χ1v) is 8.32. The zero-order chi connectivity index (χ0) is 19.6. The second-order valence-electron chi connectivity index (χ2n) is 5.43. The van der Waals surface area contributed by atoms with Crippen molar-refractivity contribution in [2.24, 2.45) is 4.99 Å². The Labute approximate surface area is 162 Å². The highest BCUT2D eigenvalue weighted by molar-refractivity contribution is 6.42. The number of benzene rings is 2. The van der Waals surface area contributed by atoms with E-state index in [1.54, 1.807) is 18.2 Å². The van der Waals surface area contributed by atoms with Crippen LogP contribution in [0.25, 0.3) is 12.2 Å². The zero-order valence-electron chi connectivity index (χ0n) is 13.4. The van der Waals surface area contributed by atoms with E-state index in [2.05, 4.69) is 4.99 Å². The van der Waals surface area contributed by atoms with Gasteiger partial charge in [-0.15, -0.1) is 0 Å². The quantitative estimate of drug-likeness (QED) is 0.457. The highest BCUT2D eigenvalue weighted by Crippen LogP contribution is 2.33. The highest BCUT2D eigenvalue weighted by atomic mass is 35.5. The van der Waals surface area contributed by atoms with Gasteiger partial charge in [0.1, 0.15) is 0 Å².